The van der Waals surface area contributed by atoms with E-state index in [4.69, 9.17) is 0 Å². The highest BCUT2D eigenvalue weighted by Crippen LogP contribution is 2.35. The molecule has 36 heavy (non-hydrogen) atoms. The Labute approximate surface area is 212 Å². The average molecular weight is 488 g/mol. The fraction of sp³-hybridized carbons (Fsp3) is 0.393. The summed E-state index contributed by atoms with van der Waals surface area (Å²) < 4.78 is 0. The standard InChI is InChI=1S/C28H33N5O3/c1-19-4-8-21(9-5-19)16-31-12-14-32(15-13-31)24(34)18-33-17-23-25(27(33)35)26(29-28(36)30(23)3)22-10-6-20(2)7-11-22/h4-11,26H,12-18H2,1-3H3,(H,29,36)/t26-/m1/s1. The molecule has 0 spiro atoms. The van der Waals surface area contributed by atoms with Crippen molar-refractivity contribution in [3.8, 4) is 0 Å². The Morgan fingerprint density at radius 1 is 0.917 bits per heavy atom. The number of amides is 4. The van der Waals surface area contributed by atoms with Crippen molar-refractivity contribution >= 4 is 17.8 Å². The second kappa shape index (κ2) is 9.78. The molecule has 8 nitrogen and oxygen atoms in total. The van der Waals surface area contributed by atoms with Gasteiger partial charge >= 0.3 is 6.03 Å². The summed E-state index contributed by atoms with van der Waals surface area (Å²) in [7, 11) is 1.67. The van der Waals surface area contributed by atoms with Gasteiger partial charge in [0.05, 0.1) is 23.9 Å². The van der Waals surface area contributed by atoms with Crippen molar-refractivity contribution < 1.29 is 14.4 Å². The maximum Gasteiger partial charge on any atom is 0.322 e. The third-order valence-corrected chi connectivity index (χ3v) is 7.42. The summed E-state index contributed by atoms with van der Waals surface area (Å²) in [6.07, 6.45) is 0. The van der Waals surface area contributed by atoms with Crippen LogP contribution in [-0.2, 0) is 16.1 Å². The van der Waals surface area contributed by atoms with Crippen molar-refractivity contribution in [1.82, 2.24) is 24.9 Å². The lowest BCUT2D eigenvalue weighted by Gasteiger charge is -2.35. The van der Waals surface area contributed by atoms with E-state index in [1.807, 2.05) is 36.1 Å². The number of carbonyl (C=O) groups is 3. The van der Waals surface area contributed by atoms with Crippen LogP contribution in [-0.4, -0.2) is 83.8 Å². The maximum absolute atomic E-state index is 13.5. The molecule has 0 saturated carbocycles. The van der Waals surface area contributed by atoms with Crippen LogP contribution in [0.2, 0.25) is 0 Å². The zero-order valence-electron chi connectivity index (χ0n) is 21.2. The number of likely N-dealkylation sites (N-methyl/N-ethyl adjacent to an activating group) is 1. The summed E-state index contributed by atoms with van der Waals surface area (Å²) in [5.74, 6) is -0.235. The van der Waals surface area contributed by atoms with E-state index in [1.54, 1.807) is 11.9 Å². The molecule has 2 aromatic carbocycles. The minimum Gasteiger partial charge on any atom is -0.339 e. The van der Waals surface area contributed by atoms with Crippen molar-refractivity contribution in [3.63, 3.8) is 0 Å². The Bertz CT molecular complexity index is 1200. The summed E-state index contributed by atoms with van der Waals surface area (Å²) in [5, 5.41) is 2.95. The summed E-state index contributed by atoms with van der Waals surface area (Å²) >= 11 is 0. The number of nitrogens with zero attached hydrogens (tertiary/aromatic N) is 4. The first-order valence-electron chi connectivity index (χ1n) is 12.5. The number of aryl methyl sites for hydroxylation is 2. The Kier molecular flexibility index (Phi) is 6.53. The Balaban J connectivity index is 1.21. The van der Waals surface area contributed by atoms with Crippen LogP contribution in [0, 0.1) is 13.8 Å². The highest BCUT2D eigenvalue weighted by Gasteiger charge is 2.43. The SMILES string of the molecule is Cc1ccc(CN2CCN(C(=O)CN3CC4=C(C3=O)[C@@H](c3ccc(C)cc3)NC(=O)N4C)CC2)cc1. The summed E-state index contributed by atoms with van der Waals surface area (Å²) in [6.45, 7) is 8.14. The van der Waals surface area contributed by atoms with Crippen LogP contribution >= 0.6 is 0 Å². The van der Waals surface area contributed by atoms with Gasteiger partial charge in [-0.1, -0.05) is 59.7 Å². The number of piperazine rings is 1. The molecule has 188 valence electrons. The van der Waals surface area contributed by atoms with E-state index in [0.717, 1.165) is 30.8 Å². The van der Waals surface area contributed by atoms with Gasteiger partial charge in [0, 0.05) is 39.8 Å². The molecule has 1 fully saturated rings. The molecule has 2 aromatic rings. The predicted octanol–water partition coefficient (Wildman–Crippen LogP) is 2.44. The molecule has 0 radical (unpaired) electrons. The van der Waals surface area contributed by atoms with E-state index in [9.17, 15) is 14.4 Å². The molecule has 0 unspecified atom stereocenters. The lowest BCUT2D eigenvalue weighted by atomic mass is 9.95. The minimum absolute atomic E-state index is 0.0203. The van der Waals surface area contributed by atoms with Crippen LogP contribution in [0.4, 0.5) is 4.79 Å². The van der Waals surface area contributed by atoms with Gasteiger partial charge in [-0.15, -0.1) is 0 Å². The Morgan fingerprint density at radius 2 is 1.53 bits per heavy atom. The third-order valence-electron chi connectivity index (χ3n) is 7.42. The quantitative estimate of drug-likeness (QED) is 0.703. The second-order valence-corrected chi connectivity index (χ2v) is 10.0. The Hall–Kier alpha value is -3.65. The van der Waals surface area contributed by atoms with Crippen molar-refractivity contribution in [1.29, 1.82) is 0 Å². The minimum atomic E-state index is -0.512. The topological polar surface area (TPSA) is 76.2 Å². The average Bonchev–Trinajstić information content (AvgIpc) is 3.20. The normalized spacial score (nSPS) is 20.6. The predicted molar refractivity (Wildman–Crippen MR) is 137 cm³/mol. The molecule has 4 amide bonds. The van der Waals surface area contributed by atoms with Crippen LogP contribution in [0.25, 0.3) is 0 Å². The monoisotopic (exact) mass is 487 g/mol. The van der Waals surface area contributed by atoms with Gasteiger partial charge in [0.2, 0.25) is 5.91 Å². The van der Waals surface area contributed by atoms with Crippen LogP contribution in [0.15, 0.2) is 59.8 Å². The van der Waals surface area contributed by atoms with E-state index >= 15 is 0 Å². The first kappa shape index (κ1) is 24.1. The molecule has 1 N–H and O–H groups in total. The van der Waals surface area contributed by atoms with Crippen LogP contribution in [0.5, 0.6) is 0 Å². The van der Waals surface area contributed by atoms with Crippen molar-refractivity contribution in [2.24, 2.45) is 0 Å². The molecule has 0 aromatic heterocycles. The highest BCUT2D eigenvalue weighted by atomic mass is 16.2. The number of nitrogens with one attached hydrogen (secondary N) is 1. The maximum atomic E-state index is 13.5. The number of urea groups is 1. The number of hydrogen-bond acceptors (Lipinski definition) is 4. The van der Waals surface area contributed by atoms with Gasteiger partial charge in [0.25, 0.3) is 5.91 Å². The van der Waals surface area contributed by atoms with Crippen LogP contribution in [0.1, 0.15) is 28.3 Å². The van der Waals surface area contributed by atoms with Crippen molar-refractivity contribution in [2.75, 3.05) is 46.3 Å². The van der Waals surface area contributed by atoms with Crippen LogP contribution < -0.4 is 5.32 Å². The summed E-state index contributed by atoms with van der Waals surface area (Å²) in [5.41, 5.74) is 5.71. The zero-order valence-corrected chi connectivity index (χ0v) is 21.2. The largest absolute Gasteiger partial charge is 0.339 e. The molecule has 3 heterocycles. The van der Waals surface area contributed by atoms with Crippen LogP contribution in [0.3, 0.4) is 0 Å². The lowest BCUT2D eigenvalue weighted by molar-refractivity contribution is -0.139. The molecule has 1 atom stereocenters. The number of carbonyl (C=O) groups excluding carboxylic acids is 3. The first-order valence-corrected chi connectivity index (χ1v) is 12.5. The van der Waals surface area contributed by atoms with Gasteiger partial charge in [0.1, 0.15) is 6.54 Å². The number of hydrogen-bond donors (Lipinski definition) is 1. The molecule has 1 saturated heterocycles. The molecule has 3 aliphatic rings. The number of rotatable bonds is 5. The molecule has 8 heteroatoms. The first-order chi connectivity index (χ1) is 17.3. The Morgan fingerprint density at radius 3 is 2.17 bits per heavy atom. The van der Waals surface area contributed by atoms with E-state index < -0.39 is 6.04 Å². The molecule has 0 aliphatic carbocycles. The molecule has 0 bridgehead atoms. The molecular formula is C28H33N5O3. The van der Waals surface area contributed by atoms with Crippen molar-refractivity contribution in [3.05, 3.63) is 82.1 Å². The highest BCUT2D eigenvalue weighted by molar-refractivity contribution is 6.02. The van der Waals surface area contributed by atoms with Crippen molar-refractivity contribution in [2.45, 2.75) is 26.4 Å². The van der Waals surface area contributed by atoms with E-state index in [-0.39, 0.29) is 30.9 Å². The summed E-state index contributed by atoms with van der Waals surface area (Å²) in [6, 6.07) is 15.6. The zero-order chi connectivity index (χ0) is 25.4. The molecule has 3 aliphatic heterocycles. The summed E-state index contributed by atoms with van der Waals surface area (Å²) in [4.78, 5) is 46.5. The van der Waals surface area contributed by atoms with Gasteiger partial charge in [-0.05, 0) is 25.0 Å². The van der Waals surface area contributed by atoms with Gasteiger partial charge in [-0.3, -0.25) is 19.4 Å². The van der Waals surface area contributed by atoms with E-state index in [2.05, 4.69) is 41.4 Å². The fourth-order valence-electron chi connectivity index (χ4n) is 5.13. The van der Waals surface area contributed by atoms with E-state index in [1.165, 1.54) is 16.0 Å². The van der Waals surface area contributed by atoms with E-state index in [0.29, 0.717) is 24.4 Å². The lowest BCUT2D eigenvalue weighted by Crippen LogP contribution is -2.51. The second-order valence-electron chi connectivity index (χ2n) is 10.0. The molecular weight excluding hydrogens is 454 g/mol. The van der Waals surface area contributed by atoms with Gasteiger partial charge < -0.3 is 15.1 Å². The smallest absolute Gasteiger partial charge is 0.322 e. The third kappa shape index (κ3) is 4.73. The number of benzene rings is 2. The van der Waals surface area contributed by atoms with Gasteiger partial charge in [-0.25, -0.2) is 4.79 Å². The fourth-order valence-corrected chi connectivity index (χ4v) is 5.13. The molecule has 5 rings (SSSR count). The van der Waals surface area contributed by atoms with Gasteiger partial charge in [-0.2, -0.15) is 0 Å². The van der Waals surface area contributed by atoms with Gasteiger partial charge in [0.15, 0.2) is 0 Å².